The Labute approximate surface area is 128 Å². The molecule has 0 bridgehead atoms. The molecule has 1 heterocycles. The van der Waals surface area contributed by atoms with Crippen molar-refractivity contribution < 1.29 is 19.1 Å². The number of benzene rings is 1. The van der Waals surface area contributed by atoms with Crippen molar-refractivity contribution in [3.8, 4) is 0 Å². The van der Waals surface area contributed by atoms with Crippen molar-refractivity contribution in [1.29, 1.82) is 0 Å². The highest BCUT2D eigenvalue weighted by Gasteiger charge is 2.38. The van der Waals surface area contributed by atoms with Gasteiger partial charge < -0.3 is 21.1 Å². The van der Waals surface area contributed by atoms with Gasteiger partial charge in [0.05, 0.1) is 12.5 Å². The lowest BCUT2D eigenvalue weighted by Crippen LogP contribution is -2.61. The quantitative estimate of drug-likeness (QED) is 0.690. The molecule has 7 nitrogen and oxygen atoms in total. The van der Waals surface area contributed by atoms with Gasteiger partial charge in [0.25, 0.3) is 0 Å². The molecule has 7 heteroatoms. The van der Waals surface area contributed by atoms with Crippen molar-refractivity contribution >= 4 is 17.8 Å². The van der Waals surface area contributed by atoms with Crippen LogP contribution in [0, 0.1) is 0 Å². The molecule has 0 saturated carbocycles. The topological polar surface area (TPSA) is 116 Å². The molecule has 4 N–H and O–H groups in total. The van der Waals surface area contributed by atoms with Gasteiger partial charge in [0.15, 0.2) is 0 Å². The van der Waals surface area contributed by atoms with Gasteiger partial charge in [-0.05, 0) is 12.0 Å². The van der Waals surface area contributed by atoms with Crippen LogP contribution in [0.2, 0.25) is 0 Å². The number of rotatable bonds is 6. The second-order valence-electron chi connectivity index (χ2n) is 5.20. The van der Waals surface area contributed by atoms with Gasteiger partial charge in [-0.15, -0.1) is 0 Å². The van der Waals surface area contributed by atoms with Crippen molar-refractivity contribution in [2.45, 2.75) is 31.5 Å². The van der Waals surface area contributed by atoms with Crippen LogP contribution in [-0.4, -0.2) is 41.3 Å². The Morgan fingerprint density at radius 2 is 1.95 bits per heavy atom. The summed E-state index contributed by atoms with van der Waals surface area (Å²) in [6.45, 7) is 0.563. The van der Waals surface area contributed by atoms with Crippen LogP contribution in [0.4, 0.5) is 0 Å². The molecule has 1 aliphatic rings. The fraction of sp³-hybridized carbons (Fsp3) is 0.400. The molecular weight excluding hydrogens is 286 g/mol. The maximum atomic E-state index is 12.0. The number of likely N-dealkylation sites (tertiary alicyclic amines) is 1. The molecule has 1 aliphatic heterocycles. The van der Waals surface area contributed by atoms with Crippen LogP contribution >= 0.6 is 0 Å². The number of esters is 1. The third kappa shape index (κ3) is 3.82. The Kier molecular flexibility index (Phi) is 5.11. The van der Waals surface area contributed by atoms with Crippen LogP contribution in [-0.2, 0) is 25.7 Å². The molecule has 118 valence electrons. The highest BCUT2D eigenvalue weighted by molar-refractivity contribution is 5.92. The van der Waals surface area contributed by atoms with Crippen molar-refractivity contribution in [2.24, 2.45) is 11.5 Å². The molecular formula is C15H19N3O4. The first-order valence-electron chi connectivity index (χ1n) is 7.04. The third-order valence-electron chi connectivity index (χ3n) is 3.58. The number of carbonyl (C=O) groups is 3. The molecule has 1 aromatic carbocycles. The summed E-state index contributed by atoms with van der Waals surface area (Å²) in [7, 11) is 0. The average Bonchev–Trinajstić information content (AvgIpc) is 2.44. The average molecular weight is 305 g/mol. The smallest absolute Gasteiger partial charge is 0.308 e. The van der Waals surface area contributed by atoms with E-state index in [0.717, 1.165) is 5.56 Å². The number of nitrogens with two attached hydrogens (primary N) is 2. The minimum atomic E-state index is -1.02. The normalized spacial score (nSPS) is 18.2. The van der Waals surface area contributed by atoms with E-state index in [-0.39, 0.29) is 13.0 Å². The van der Waals surface area contributed by atoms with Crippen LogP contribution in [0.5, 0.6) is 0 Å². The number of primary amides is 1. The van der Waals surface area contributed by atoms with Gasteiger partial charge in [-0.3, -0.25) is 14.4 Å². The number of hydrogen-bond donors (Lipinski definition) is 2. The molecule has 2 amide bonds. The van der Waals surface area contributed by atoms with Crippen LogP contribution < -0.4 is 11.5 Å². The number of nitrogens with zero attached hydrogens (tertiary/aromatic N) is 1. The molecule has 0 radical (unpaired) electrons. The predicted octanol–water partition coefficient (Wildman–Crippen LogP) is -0.467. The van der Waals surface area contributed by atoms with E-state index in [1.165, 1.54) is 4.90 Å². The largest absolute Gasteiger partial charge is 0.461 e. The maximum absolute atomic E-state index is 12.0. The zero-order valence-corrected chi connectivity index (χ0v) is 12.1. The minimum Gasteiger partial charge on any atom is -0.461 e. The fourth-order valence-corrected chi connectivity index (χ4v) is 2.22. The van der Waals surface area contributed by atoms with Crippen LogP contribution in [0.25, 0.3) is 0 Å². The van der Waals surface area contributed by atoms with Crippen molar-refractivity contribution in [2.75, 3.05) is 6.54 Å². The standard InChI is InChI=1S/C15H19N3O4/c16-11(15(21)18-7-6-12(18)14(17)20)8-13(19)22-9-10-4-2-1-3-5-10/h1-5,11-12H,6-9,16H2,(H2,17,20)/t11-,12?/m0/s1. The zero-order valence-electron chi connectivity index (χ0n) is 12.1. The van der Waals surface area contributed by atoms with Crippen LogP contribution in [0.15, 0.2) is 30.3 Å². The van der Waals surface area contributed by atoms with E-state index in [2.05, 4.69) is 0 Å². The fourth-order valence-electron chi connectivity index (χ4n) is 2.22. The SMILES string of the molecule is NC(=O)C1CCN1C(=O)[C@@H](N)CC(=O)OCc1ccccc1. The van der Waals surface area contributed by atoms with Gasteiger partial charge in [0, 0.05) is 6.54 Å². The van der Waals surface area contributed by atoms with Gasteiger partial charge in [-0.25, -0.2) is 0 Å². The molecule has 1 unspecified atom stereocenters. The van der Waals surface area contributed by atoms with E-state index in [4.69, 9.17) is 16.2 Å². The lowest BCUT2D eigenvalue weighted by Gasteiger charge is -2.39. The Hall–Kier alpha value is -2.41. The Balaban J connectivity index is 1.78. The maximum Gasteiger partial charge on any atom is 0.308 e. The first-order valence-corrected chi connectivity index (χ1v) is 7.04. The Bertz CT molecular complexity index is 561. The first kappa shape index (κ1) is 16.0. The summed E-state index contributed by atoms with van der Waals surface area (Å²) in [6, 6.07) is 7.57. The second kappa shape index (κ2) is 7.04. The summed E-state index contributed by atoms with van der Waals surface area (Å²) < 4.78 is 5.07. The molecule has 0 spiro atoms. The highest BCUT2D eigenvalue weighted by Crippen LogP contribution is 2.18. The Morgan fingerprint density at radius 3 is 2.50 bits per heavy atom. The minimum absolute atomic E-state index is 0.133. The lowest BCUT2D eigenvalue weighted by molar-refractivity contribution is -0.152. The Morgan fingerprint density at radius 1 is 1.27 bits per heavy atom. The molecule has 2 atom stereocenters. The second-order valence-corrected chi connectivity index (χ2v) is 5.20. The number of carbonyl (C=O) groups excluding carboxylic acids is 3. The summed E-state index contributed by atoms with van der Waals surface area (Å²) in [5, 5.41) is 0. The van der Waals surface area contributed by atoms with Gasteiger partial charge in [0.1, 0.15) is 12.6 Å². The first-order chi connectivity index (χ1) is 10.5. The van der Waals surface area contributed by atoms with E-state index in [1.807, 2.05) is 30.3 Å². The molecule has 1 fully saturated rings. The van der Waals surface area contributed by atoms with Crippen molar-refractivity contribution in [3.63, 3.8) is 0 Å². The number of hydrogen-bond acceptors (Lipinski definition) is 5. The summed E-state index contributed by atoms with van der Waals surface area (Å²) >= 11 is 0. The van der Waals surface area contributed by atoms with Crippen LogP contribution in [0.1, 0.15) is 18.4 Å². The summed E-state index contributed by atoms with van der Waals surface area (Å²) in [4.78, 5) is 36.1. The number of ether oxygens (including phenoxy) is 1. The lowest BCUT2D eigenvalue weighted by atomic mass is 10.0. The third-order valence-corrected chi connectivity index (χ3v) is 3.58. The van der Waals surface area contributed by atoms with E-state index < -0.39 is 29.9 Å². The predicted molar refractivity (Wildman–Crippen MR) is 78.1 cm³/mol. The molecule has 0 aromatic heterocycles. The van der Waals surface area contributed by atoms with Crippen molar-refractivity contribution in [3.05, 3.63) is 35.9 Å². The molecule has 1 aromatic rings. The summed E-state index contributed by atoms with van der Waals surface area (Å²) in [5.41, 5.74) is 11.7. The van der Waals surface area contributed by atoms with E-state index in [0.29, 0.717) is 13.0 Å². The van der Waals surface area contributed by atoms with Crippen LogP contribution in [0.3, 0.4) is 0 Å². The molecule has 22 heavy (non-hydrogen) atoms. The van der Waals surface area contributed by atoms with Gasteiger partial charge in [-0.2, -0.15) is 0 Å². The zero-order chi connectivity index (χ0) is 16.1. The van der Waals surface area contributed by atoms with Crippen molar-refractivity contribution in [1.82, 2.24) is 4.90 Å². The van der Waals surface area contributed by atoms with Gasteiger partial charge in [0.2, 0.25) is 11.8 Å². The van der Waals surface area contributed by atoms with E-state index in [1.54, 1.807) is 0 Å². The monoisotopic (exact) mass is 305 g/mol. The molecule has 0 aliphatic carbocycles. The van der Waals surface area contributed by atoms with Gasteiger partial charge in [-0.1, -0.05) is 30.3 Å². The summed E-state index contributed by atoms with van der Waals surface area (Å²) in [6.07, 6.45) is 0.305. The van der Waals surface area contributed by atoms with E-state index in [9.17, 15) is 14.4 Å². The van der Waals surface area contributed by atoms with E-state index >= 15 is 0 Å². The number of amides is 2. The molecule has 2 rings (SSSR count). The van der Waals surface area contributed by atoms with Gasteiger partial charge >= 0.3 is 5.97 Å². The highest BCUT2D eigenvalue weighted by atomic mass is 16.5. The summed E-state index contributed by atoms with van der Waals surface area (Å²) in [5.74, 6) is -1.56. The molecule has 1 saturated heterocycles.